The van der Waals surface area contributed by atoms with Crippen LogP contribution in [0.3, 0.4) is 0 Å². The average molecular weight is 252 g/mol. The van der Waals surface area contributed by atoms with Crippen molar-refractivity contribution in [1.29, 1.82) is 0 Å². The minimum absolute atomic E-state index is 0.0292. The molecule has 2 aromatic heterocycles. The van der Waals surface area contributed by atoms with Crippen LogP contribution in [0.4, 0.5) is 8.78 Å². The molecular weight excluding hydrogens is 238 g/mol. The van der Waals surface area contributed by atoms with E-state index < -0.39 is 6.55 Å². The maximum absolute atomic E-state index is 12.6. The Morgan fingerprint density at radius 3 is 2.89 bits per heavy atom. The normalized spacial score (nSPS) is 12.9. The highest BCUT2D eigenvalue weighted by molar-refractivity contribution is 5.12. The lowest BCUT2D eigenvalue weighted by Crippen LogP contribution is -2.21. The molecule has 96 valence electrons. The fourth-order valence-electron chi connectivity index (χ4n) is 1.65. The molecule has 0 fully saturated rings. The number of aromatic nitrogens is 3. The van der Waals surface area contributed by atoms with Crippen LogP contribution in [0.1, 0.15) is 30.9 Å². The molecule has 2 heterocycles. The van der Waals surface area contributed by atoms with Gasteiger partial charge in [0.15, 0.2) is 0 Å². The molecule has 0 radical (unpaired) electrons. The van der Waals surface area contributed by atoms with Crippen LogP contribution in [0.2, 0.25) is 0 Å². The maximum Gasteiger partial charge on any atom is 0.319 e. The first-order chi connectivity index (χ1) is 8.68. The van der Waals surface area contributed by atoms with E-state index in [1.807, 2.05) is 19.1 Å². The first kappa shape index (κ1) is 12.6. The summed E-state index contributed by atoms with van der Waals surface area (Å²) in [6.07, 6.45) is 6.09. The van der Waals surface area contributed by atoms with Crippen LogP contribution in [0, 0.1) is 0 Å². The van der Waals surface area contributed by atoms with Gasteiger partial charge in [0.2, 0.25) is 0 Å². The molecule has 2 rings (SSSR count). The molecule has 0 aliphatic heterocycles. The highest BCUT2D eigenvalue weighted by atomic mass is 19.3. The lowest BCUT2D eigenvalue weighted by Gasteiger charge is -2.14. The van der Waals surface area contributed by atoms with Crippen molar-refractivity contribution in [3.8, 4) is 0 Å². The zero-order valence-electron chi connectivity index (χ0n) is 9.92. The van der Waals surface area contributed by atoms with Gasteiger partial charge in [0.05, 0.1) is 6.54 Å². The largest absolute Gasteiger partial charge is 0.319 e. The fraction of sp³-hybridized carbons (Fsp3) is 0.333. The molecule has 0 saturated heterocycles. The van der Waals surface area contributed by atoms with Crippen molar-refractivity contribution in [3.05, 3.63) is 48.3 Å². The Hall–Kier alpha value is -1.82. The van der Waals surface area contributed by atoms with Gasteiger partial charge in [-0.15, -0.1) is 0 Å². The number of hydrogen-bond donors (Lipinski definition) is 1. The van der Waals surface area contributed by atoms with Gasteiger partial charge in [0.1, 0.15) is 5.82 Å². The van der Waals surface area contributed by atoms with Gasteiger partial charge in [-0.2, -0.15) is 8.78 Å². The predicted molar refractivity (Wildman–Crippen MR) is 63.0 cm³/mol. The summed E-state index contributed by atoms with van der Waals surface area (Å²) < 4.78 is 26.0. The van der Waals surface area contributed by atoms with Crippen LogP contribution in [0.15, 0.2) is 36.9 Å². The van der Waals surface area contributed by atoms with E-state index in [-0.39, 0.29) is 12.6 Å². The van der Waals surface area contributed by atoms with E-state index in [2.05, 4.69) is 15.3 Å². The highest BCUT2D eigenvalue weighted by Crippen LogP contribution is 2.14. The smallest absolute Gasteiger partial charge is 0.303 e. The van der Waals surface area contributed by atoms with Gasteiger partial charge in [0.25, 0.3) is 0 Å². The number of pyridine rings is 1. The van der Waals surface area contributed by atoms with Crippen molar-refractivity contribution in [2.45, 2.75) is 26.1 Å². The van der Waals surface area contributed by atoms with Crippen LogP contribution in [-0.4, -0.2) is 14.5 Å². The van der Waals surface area contributed by atoms with E-state index in [1.54, 1.807) is 12.4 Å². The Balaban J connectivity index is 1.97. The van der Waals surface area contributed by atoms with Crippen LogP contribution < -0.4 is 5.32 Å². The Labute approximate surface area is 104 Å². The van der Waals surface area contributed by atoms with Crippen molar-refractivity contribution >= 4 is 0 Å². The van der Waals surface area contributed by atoms with Gasteiger partial charge in [0, 0.05) is 30.8 Å². The second-order valence-electron chi connectivity index (χ2n) is 3.92. The molecule has 0 aliphatic carbocycles. The summed E-state index contributed by atoms with van der Waals surface area (Å²) in [5.41, 5.74) is 1.01. The Kier molecular flexibility index (Phi) is 3.99. The average Bonchev–Trinajstić information content (AvgIpc) is 2.85. The minimum atomic E-state index is -2.56. The number of imidazole rings is 1. The maximum atomic E-state index is 12.6. The molecule has 0 bridgehead atoms. The van der Waals surface area contributed by atoms with Crippen molar-refractivity contribution in [1.82, 2.24) is 19.9 Å². The van der Waals surface area contributed by atoms with E-state index in [4.69, 9.17) is 0 Å². The first-order valence-electron chi connectivity index (χ1n) is 5.61. The summed E-state index contributed by atoms with van der Waals surface area (Å²) in [5, 5.41) is 3.14. The number of nitrogens with one attached hydrogen (secondary N) is 1. The summed E-state index contributed by atoms with van der Waals surface area (Å²) in [4.78, 5) is 7.92. The minimum Gasteiger partial charge on any atom is -0.303 e. The topological polar surface area (TPSA) is 42.7 Å². The van der Waals surface area contributed by atoms with Crippen molar-refractivity contribution in [2.75, 3.05) is 0 Å². The van der Waals surface area contributed by atoms with E-state index in [9.17, 15) is 8.78 Å². The fourth-order valence-corrected chi connectivity index (χ4v) is 1.65. The summed E-state index contributed by atoms with van der Waals surface area (Å²) in [5.74, 6) is 0.320. The third kappa shape index (κ3) is 2.89. The van der Waals surface area contributed by atoms with Crippen molar-refractivity contribution < 1.29 is 8.78 Å². The quantitative estimate of drug-likeness (QED) is 0.889. The lowest BCUT2D eigenvalue weighted by molar-refractivity contribution is 0.0665. The van der Waals surface area contributed by atoms with Gasteiger partial charge in [-0.3, -0.25) is 9.55 Å². The number of rotatable bonds is 5. The van der Waals surface area contributed by atoms with E-state index in [1.165, 1.54) is 12.4 Å². The molecule has 1 N–H and O–H groups in total. The number of halogens is 2. The number of alkyl halides is 2. The molecule has 0 aliphatic rings. The van der Waals surface area contributed by atoms with Gasteiger partial charge in [-0.05, 0) is 18.6 Å². The number of hydrogen-bond acceptors (Lipinski definition) is 3. The molecule has 1 unspecified atom stereocenters. The van der Waals surface area contributed by atoms with E-state index in [0.29, 0.717) is 5.82 Å². The molecule has 0 amide bonds. The lowest BCUT2D eigenvalue weighted by atomic mass is 10.1. The second-order valence-corrected chi connectivity index (χ2v) is 3.92. The highest BCUT2D eigenvalue weighted by Gasteiger charge is 2.12. The van der Waals surface area contributed by atoms with Crippen LogP contribution in [0.25, 0.3) is 0 Å². The van der Waals surface area contributed by atoms with Gasteiger partial charge in [-0.25, -0.2) is 4.98 Å². The van der Waals surface area contributed by atoms with Crippen LogP contribution in [0.5, 0.6) is 0 Å². The molecule has 2 aromatic rings. The summed E-state index contributed by atoms with van der Waals surface area (Å²) in [6.45, 7) is -0.321. The first-order valence-corrected chi connectivity index (χ1v) is 5.61. The molecule has 0 saturated carbocycles. The Morgan fingerprint density at radius 2 is 2.22 bits per heavy atom. The molecule has 0 spiro atoms. The molecule has 0 aromatic carbocycles. The molecular formula is C12H14F2N4. The third-order valence-electron chi connectivity index (χ3n) is 2.71. The van der Waals surface area contributed by atoms with Gasteiger partial charge >= 0.3 is 6.55 Å². The Bertz CT molecular complexity index is 484. The monoisotopic (exact) mass is 252 g/mol. The summed E-state index contributed by atoms with van der Waals surface area (Å²) >= 11 is 0. The predicted octanol–water partition coefficient (Wildman–Crippen LogP) is 2.52. The zero-order chi connectivity index (χ0) is 13.0. The molecule has 1 atom stereocenters. The van der Waals surface area contributed by atoms with Crippen LogP contribution in [-0.2, 0) is 6.54 Å². The molecule has 6 heteroatoms. The van der Waals surface area contributed by atoms with E-state index >= 15 is 0 Å². The van der Waals surface area contributed by atoms with E-state index in [0.717, 1.165) is 10.1 Å². The molecule has 4 nitrogen and oxygen atoms in total. The zero-order valence-corrected chi connectivity index (χ0v) is 9.92. The summed E-state index contributed by atoms with van der Waals surface area (Å²) in [6, 6.07) is 3.80. The standard InChI is InChI=1S/C12H14F2N4/c1-9(10-3-2-4-15-7-10)17-8-11-16-5-6-18(11)12(13)14/h2-7,9,12,17H,8H2,1H3. The van der Waals surface area contributed by atoms with Crippen LogP contribution >= 0.6 is 0 Å². The molecule has 18 heavy (non-hydrogen) atoms. The summed E-state index contributed by atoms with van der Waals surface area (Å²) in [7, 11) is 0. The van der Waals surface area contributed by atoms with Gasteiger partial charge in [-0.1, -0.05) is 6.07 Å². The van der Waals surface area contributed by atoms with Crippen molar-refractivity contribution in [2.24, 2.45) is 0 Å². The van der Waals surface area contributed by atoms with Crippen molar-refractivity contribution in [3.63, 3.8) is 0 Å². The second kappa shape index (κ2) is 5.68. The third-order valence-corrected chi connectivity index (χ3v) is 2.71. The SMILES string of the molecule is CC(NCc1nccn1C(F)F)c1cccnc1. The number of nitrogens with zero attached hydrogens (tertiary/aromatic N) is 3. The van der Waals surface area contributed by atoms with Gasteiger partial charge < -0.3 is 5.32 Å². The Morgan fingerprint density at radius 1 is 1.39 bits per heavy atom.